The van der Waals surface area contributed by atoms with E-state index in [-0.39, 0.29) is 0 Å². The second-order valence-electron chi connectivity index (χ2n) is 5.64. The predicted octanol–water partition coefficient (Wildman–Crippen LogP) is 3.97. The van der Waals surface area contributed by atoms with Crippen LogP contribution in [0, 0.1) is 6.92 Å². The van der Waals surface area contributed by atoms with Crippen LogP contribution in [-0.4, -0.2) is 14.6 Å². The fourth-order valence-corrected chi connectivity index (χ4v) is 2.68. The highest BCUT2D eigenvalue weighted by Crippen LogP contribution is 2.20. The lowest BCUT2D eigenvalue weighted by molar-refractivity contribution is 0.532. The molecular weight excluding hydrogens is 354 g/mol. The average Bonchev–Trinajstić information content (AvgIpc) is 2.93. The number of fused-ring (bicyclic) bond motifs is 1. The largest absolute Gasteiger partial charge is 0.439 e. The van der Waals surface area contributed by atoms with Crippen LogP contribution in [0.2, 0.25) is 5.02 Å². The molecule has 4 aromatic rings. The molecule has 2 heterocycles. The van der Waals surface area contributed by atoms with Gasteiger partial charge in [-0.2, -0.15) is 9.66 Å². The molecule has 0 atom stereocenters. The molecule has 0 unspecified atom stereocenters. The Morgan fingerprint density at radius 2 is 2.00 bits per heavy atom. The Labute approximate surface area is 153 Å². The van der Waals surface area contributed by atoms with Crippen molar-refractivity contribution in [2.45, 2.75) is 6.92 Å². The van der Waals surface area contributed by atoms with Crippen LogP contribution in [0.3, 0.4) is 0 Å². The molecule has 2 N–H and O–H groups in total. The third-order valence-electron chi connectivity index (χ3n) is 3.76. The van der Waals surface area contributed by atoms with Crippen LogP contribution >= 0.6 is 11.6 Å². The number of hydrogen-bond donors (Lipinski definition) is 2. The first-order valence-corrected chi connectivity index (χ1v) is 8.22. The highest BCUT2D eigenvalue weighted by molar-refractivity contribution is 6.30. The zero-order valence-corrected chi connectivity index (χ0v) is 14.5. The van der Waals surface area contributed by atoms with Crippen LogP contribution in [0.5, 0.6) is 0 Å². The number of aryl methyl sites for hydroxylation is 1. The lowest BCUT2D eigenvalue weighted by Gasteiger charge is -2.11. The molecule has 0 spiro atoms. The summed E-state index contributed by atoms with van der Waals surface area (Å²) in [6.07, 6.45) is 1.66. The molecule has 0 saturated carbocycles. The maximum Gasteiger partial charge on any atom is 0.439 e. The molecule has 26 heavy (non-hydrogen) atoms. The van der Waals surface area contributed by atoms with Crippen molar-refractivity contribution in [3.8, 4) is 0 Å². The SMILES string of the molecule is Cc1cnc(Nc2cccc(Cl)c2)nc1Nn1c(=O)oc2ccccc21. The summed E-state index contributed by atoms with van der Waals surface area (Å²) in [5.41, 5.74) is 5.65. The summed E-state index contributed by atoms with van der Waals surface area (Å²) in [5, 5.41) is 3.69. The van der Waals surface area contributed by atoms with E-state index in [9.17, 15) is 4.79 Å². The van der Waals surface area contributed by atoms with Crippen molar-refractivity contribution in [2.24, 2.45) is 0 Å². The molecule has 0 bridgehead atoms. The quantitative estimate of drug-likeness (QED) is 0.567. The van der Waals surface area contributed by atoms with E-state index in [4.69, 9.17) is 16.0 Å². The monoisotopic (exact) mass is 367 g/mol. The number of benzene rings is 2. The van der Waals surface area contributed by atoms with Gasteiger partial charge in [0.1, 0.15) is 5.52 Å². The molecular formula is C18H14ClN5O2. The topological polar surface area (TPSA) is 85.0 Å². The maximum absolute atomic E-state index is 12.1. The Morgan fingerprint density at radius 1 is 1.15 bits per heavy atom. The van der Waals surface area contributed by atoms with Gasteiger partial charge in [-0.05, 0) is 37.3 Å². The normalized spacial score (nSPS) is 10.8. The number of hydrogen-bond acceptors (Lipinski definition) is 6. The number of oxazole rings is 1. The van der Waals surface area contributed by atoms with Crippen LogP contribution < -0.4 is 16.5 Å². The third kappa shape index (κ3) is 3.12. The molecule has 8 heteroatoms. The molecule has 0 aliphatic rings. The summed E-state index contributed by atoms with van der Waals surface area (Å²) in [7, 11) is 0. The fourth-order valence-electron chi connectivity index (χ4n) is 2.49. The standard InChI is InChI=1S/C18H14ClN5O2/c1-11-10-20-17(21-13-6-4-5-12(19)9-13)22-16(11)23-24-14-7-2-3-8-15(14)26-18(24)25/h2-10H,1H3,(H2,20,21,22,23). The van der Waals surface area contributed by atoms with Gasteiger partial charge in [-0.15, -0.1) is 0 Å². The van der Waals surface area contributed by atoms with Crippen molar-refractivity contribution >= 4 is 40.2 Å². The maximum atomic E-state index is 12.1. The van der Waals surface area contributed by atoms with Crippen molar-refractivity contribution in [3.63, 3.8) is 0 Å². The molecule has 7 nitrogen and oxygen atoms in total. The van der Waals surface area contributed by atoms with Gasteiger partial charge in [0, 0.05) is 22.5 Å². The average molecular weight is 368 g/mol. The van der Waals surface area contributed by atoms with E-state index in [1.807, 2.05) is 25.1 Å². The highest BCUT2D eigenvalue weighted by Gasteiger charge is 2.11. The van der Waals surface area contributed by atoms with Crippen molar-refractivity contribution in [3.05, 3.63) is 75.9 Å². The van der Waals surface area contributed by atoms with Crippen molar-refractivity contribution in [1.82, 2.24) is 14.6 Å². The van der Waals surface area contributed by atoms with Crippen LogP contribution in [-0.2, 0) is 0 Å². The second-order valence-corrected chi connectivity index (χ2v) is 6.08. The van der Waals surface area contributed by atoms with Crippen molar-refractivity contribution < 1.29 is 4.42 Å². The van der Waals surface area contributed by atoms with Crippen LogP contribution in [0.25, 0.3) is 11.1 Å². The Hall–Kier alpha value is -3.32. The number of halogens is 1. The van der Waals surface area contributed by atoms with Gasteiger partial charge >= 0.3 is 5.76 Å². The number of aromatic nitrogens is 3. The summed E-state index contributed by atoms with van der Waals surface area (Å²) in [6, 6.07) is 14.4. The van der Waals surface area contributed by atoms with Gasteiger partial charge in [0.25, 0.3) is 0 Å². The highest BCUT2D eigenvalue weighted by atomic mass is 35.5. The Kier molecular flexibility index (Phi) is 4.06. The number of nitrogens with zero attached hydrogens (tertiary/aromatic N) is 3. The van der Waals surface area contributed by atoms with E-state index >= 15 is 0 Å². The first-order chi connectivity index (χ1) is 12.6. The zero-order valence-electron chi connectivity index (χ0n) is 13.7. The predicted molar refractivity (Wildman–Crippen MR) is 101 cm³/mol. The van der Waals surface area contributed by atoms with Gasteiger partial charge in [-0.25, -0.2) is 9.78 Å². The van der Waals surface area contributed by atoms with E-state index in [2.05, 4.69) is 20.7 Å². The minimum Gasteiger partial charge on any atom is -0.406 e. The molecule has 0 aliphatic carbocycles. The molecule has 0 fully saturated rings. The minimum absolute atomic E-state index is 0.376. The summed E-state index contributed by atoms with van der Waals surface area (Å²) in [6.45, 7) is 1.85. The van der Waals surface area contributed by atoms with Gasteiger partial charge < -0.3 is 9.73 Å². The molecule has 2 aromatic carbocycles. The van der Waals surface area contributed by atoms with Crippen LogP contribution in [0.15, 0.2) is 63.9 Å². The molecule has 2 aromatic heterocycles. The third-order valence-corrected chi connectivity index (χ3v) is 3.99. The molecule has 4 rings (SSSR count). The van der Waals surface area contributed by atoms with Gasteiger partial charge in [-0.3, -0.25) is 5.43 Å². The van der Waals surface area contributed by atoms with Gasteiger partial charge in [0.05, 0.1) is 0 Å². The van der Waals surface area contributed by atoms with E-state index in [1.165, 1.54) is 4.68 Å². The van der Waals surface area contributed by atoms with E-state index in [0.29, 0.717) is 27.9 Å². The molecule has 130 valence electrons. The van der Waals surface area contributed by atoms with Crippen LogP contribution in [0.1, 0.15) is 5.56 Å². The van der Waals surface area contributed by atoms with Crippen LogP contribution in [0.4, 0.5) is 17.5 Å². The number of rotatable bonds is 4. The lowest BCUT2D eigenvalue weighted by Crippen LogP contribution is -2.23. The van der Waals surface area contributed by atoms with Gasteiger partial charge in [0.15, 0.2) is 11.4 Å². The number of anilines is 3. The zero-order chi connectivity index (χ0) is 18.1. The van der Waals surface area contributed by atoms with E-state index < -0.39 is 5.76 Å². The molecule has 0 radical (unpaired) electrons. The van der Waals surface area contributed by atoms with Gasteiger partial charge in [-0.1, -0.05) is 29.8 Å². The Bertz CT molecular complexity index is 1150. The molecule has 0 aliphatic heterocycles. The van der Waals surface area contributed by atoms with Gasteiger partial charge in [0.2, 0.25) is 5.95 Å². The lowest BCUT2D eigenvalue weighted by atomic mass is 10.3. The first-order valence-electron chi connectivity index (χ1n) is 7.84. The summed E-state index contributed by atoms with van der Waals surface area (Å²) < 4.78 is 6.53. The Morgan fingerprint density at radius 3 is 2.85 bits per heavy atom. The van der Waals surface area contributed by atoms with Crippen molar-refractivity contribution in [1.29, 1.82) is 0 Å². The van der Waals surface area contributed by atoms with Crippen molar-refractivity contribution in [2.75, 3.05) is 10.7 Å². The van der Waals surface area contributed by atoms with E-state index in [0.717, 1.165) is 11.3 Å². The summed E-state index contributed by atoms with van der Waals surface area (Å²) >= 11 is 5.99. The van der Waals surface area contributed by atoms with E-state index in [1.54, 1.807) is 36.5 Å². The first kappa shape index (κ1) is 16.2. The number of nitrogens with one attached hydrogen (secondary N) is 2. The molecule has 0 amide bonds. The Balaban J connectivity index is 1.68. The molecule has 0 saturated heterocycles. The number of para-hydroxylation sites is 2. The summed E-state index contributed by atoms with van der Waals surface area (Å²) in [4.78, 5) is 20.8. The smallest absolute Gasteiger partial charge is 0.406 e. The summed E-state index contributed by atoms with van der Waals surface area (Å²) in [5.74, 6) is 0.341. The fraction of sp³-hybridized carbons (Fsp3) is 0.0556. The second kappa shape index (κ2) is 6.53. The minimum atomic E-state index is -0.520.